The van der Waals surface area contributed by atoms with Crippen molar-refractivity contribution in [3.63, 3.8) is 0 Å². The molecule has 0 saturated heterocycles. The number of thioether (sulfide) groups is 1. The van der Waals surface area contributed by atoms with Gasteiger partial charge in [-0.15, -0.1) is 22.7 Å². The van der Waals surface area contributed by atoms with Crippen molar-refractivity contribution in [2.45, 2.75) is 83.0 Å². The van der Waals surface area contributed by atoms with Gasteiger partial charge in [-0.3, -0.25) is 19.1 Å². The van der Waals surface area contributed by atoms with Crippen LogP contribution in [0.25, 0.3) is 10.2 Å². The molecule has 214 valence electrons. The van der Waals surface area contributed by atoms with Gasteiger partial charge in [-0.1, -0.05) is 11.8 Å². The first-order chi connectivity index (χ1) is 19.9. The normalized spacial score (nSPS) is 14.6. The van der Waals surface area contributed by atoms with E-state index in [9.17, 15) is 14.4 Å². The van der Waals surface area contributed by atoms with Gasteiger partial charge < -0.3 is 10.1 Å². The summed E-state index contributed by atoms with van der Waals surface area (Å²) in [5, 5.41) is 4.78. The number of esters is 1. The lowest BCUT2D eigenvalue weighted by molar-refractivity contribution is -0.113. The number of nitrogens with zero attached hydrogens (tertiary/aromatic N) is 3. The highest BCUT2D eigenvalue weighted by atomic mass is 32.2. The second-order valence-electron chi connectivity index (χ2n) is 10.7. The third-order valence-electron chi connectivity index (χ3n) is 7.43. The van der Waals surface area contributed by atoms with E-state index >= 15 is 0 Å². The number of ether oxygens (including phenoxy) is 1. The molecule has 1 amide bonds. The van der Waals surface area contributed by atoms with Gasteiger partial charge >= 0.3 is 5.97 Å². The Labute approximate surface area is 250 Å². The van der Waals surface area contributed by atoms with Gasteiger partial charge in [-0.05, 0) is 94.0 Å². The van der Waals surface area contributed by atoms with Crippen LogP contribution in [0.5, 0.6) is 0 Å². The molecule has 0 radical (unpaired) electrons. The van der Waals surface area contributed by atoms with Crippen LogP contribution in [0.4, 0.5) is 5.00 Å². The van der Waals surface area contributed by atoms with Crippen molar-refractivity contribution in [2.24, 2.45) is 0 Å². The summed E-state index contributed by atoms with van der Waals surface area (Å²) in [5.74, 6) is -0.578. The summed E-state index contributed by atoms with van der Waals surface area (Å²) in [5.41, 5.74) is 3.54. The Hall–Kier alpha value is -3.02. The Morgan fingerprint density at radius 1 is 1.02 bits per heavy atom. The van der Waals surface area contributed by atoms with E-state index in [4.69, 9.17) is 9.72 Å². The van der Waals surface area contributed by atoms with Crippen LogP contribution >= 0.6 is 34.4 Å². The second-order valence-corrected chi connectivity index (χ2v) is 13.9. The maximum atomic E-state index is 13.9. The number of carbonyl (C=O) groups excluding carboxylic acids is 2. The summed E-state index contributed by atoms with van der Waals surface area (Å²) in [6.07, 6.45) is 11.1. The molecule has 0 bridgehead atoms. The minimum Gasteiger partial charge on any atom is -0.459 e. The minimum atomic E-state index is -0.387. The molecule has 0 atom stereocenters. The van der Waals surface area contributed by atoms with Crippen LogP contribution in [-0.4, -0.2) is 38.3 Å². The number of aryl methyl sites for hydroxylation is 3. The zero-order valence-corrected chi connectivity index (χ0v) is 25.6. The molecule has 11 heteroatoms. The highest BCUT2D eigenvalue weighted by molar-refractivity contribution is 7.99. The molecule has 8 nitrogen and oxygen atoms in total. The van der Waals surface area contributed by atoms with Gasteiger partial charge in [0.2, 0.25) is 5.91 Å². The number of nitrogens with one attached hydrogen (secondary N) is 1. The van der Waals surface area contributed by atoms with Gasteiger partial charge in [0.15, 0.2) is 5.16 Å². The maximum absolute atomic E-state index is 13.9. The molecule has 4 aromatic heterocycles. The zero-order valence-electron chi connectivity index (χ0n) is 23.2. The van der Waals surface area contributed by atoms with Crippen LogP contribution in [0.1, 0.15) is 76.3 Å². The van der Waals surface area contributed by atoms with Gasteiger partial charge in [0.05, 0.1) is 29.4 Å². The van der Waals surface area contributed by atoms with Gasteiger partial charge in [0, 0.05) is 22.1 Å². The van der Waals surface area contributed by atoms with Gasteiger partial charge in [-0.2, -0.15) is 0 Å². The quantitative estimate of drug-likeness (QED) is 0.148. The topological polar surface area (TPSA) is 103 Å². The summed E-state index contributed by atoms with van der Waals surface area (Å²) in [6.45, 7) is 4.00. The number of rotatable bonds is 8. The Morgan fingerprint density at radius 3 is 2.44 bits per heavy atom. The molecule has 0 unspecified atom stereocenters. The van der Waals surface area contributed by atoms with E-state index in [1.54, 1.807) is 28.3 Å². The minimum absolute atomic E-state index is 0.0562. The number of aromatic nitrogens is 3. The summed E-state index contributed by atoms with van der Waals surface area (Å²) in [6, 6.07) is 3.77. The molecule has 0 fully saturated rings. The van der Waals surface area contributed by atoms with Crippen LogP contribution in [0, 0.1) is 0 Å². The van der Waals surface area contributed by atoms with Crippen LogP contribution < -0.4 is 10.9 Å². The first-order valence-electron chi connectivity index (χ1n) is 14.1. The standard InChI is InChI=1S/C30H32N4O4S3/c1-17(2)38-29(37)25-20-8-4-6-10-22(20)41-27(25)32-23(35)16-39-30-33-26-24(19-7-3-5-9-21(19)40-26)28(36)34(30)15-18-11-13-31-14-12-18/h11-14,17H,3-10,15-16H2,1-2H3,(H,32,35). The molecule has 2 aliphatic carbocycles. The lowest BCUT2D eigenvalue weighted by Crippen LogP contribution is -2.25. The van der Waals surface area contributed by atoms with Crippen LogP contribution in [-0.2, 0) is 41.8 Å². The number of amides is 1. The number of thiophene rings is 2. The molecule has 2 aliphatic rings. The Bertz CT molecular complexity index is 1670. The number of hydrogen-bond acceptors (Lipinski definition) is 9. The monoisotopic (exact) mass is 608 g/mol. The highest BCUT2D eigenvalue weighted by Crippen LogP contribution is 2.39. The van der Waals surface area contributed by atoms with E-state index in [2.05, 4.69) is 10.3 Å². The molecule has 6 rings (SSSR count). The molecule has 0 spiro atoms. The van der Waals surface area contributed by atoms with Crippen molar-refractivity contribution in [3.8, 4) is 0 Å². The summed E-state index contributed by atoms with van der Waals surface area (Å²) in [4.78, 5) is 52.4. The Kier molecular flexibility index (Phi) is 8.28. The number of pyridine rings is 1. The molecule has 0 saturated carbocycles. The number of hydrogen-bond donors (Lipinski definition) is 1. The summed E-state index contributed by atoms with van der Waals surface area (Å²) < 4.78 is 7.22. The molecular formula is C30H32N4O4S3. The van der Waals surface area contributed by atoms with Crippen LogP contribution in [0.15, 0.2) is 34.5 Å². The third kappa shape index (κ3) is 5.85. The average Bonchev–Trinajstić information content (AvgIpc) is 3.51. The van der Waals surface area contributed by atoms with Crippen molar-refractivity contribution < 1.29 is 14.3 Å². The first-order valence-corrected chi connectivity index (χ1v) is 16.7. The van der Waals surface area contributed by atoms with E-state index in [0.29, 0.717) is 22.3 Å². The number of anilines is 1. The van der Waals surface area contributed by atoms with E-state index in [0.717, 1.165) is 83.2 Å². The van der Waals surface area contributed by atoms with Crippen LogP contribution in [0.3, 0.4) is 0 Å². The zero-order chi connectivity index (χ0) is 28.5. The fraction of sp³-hybridized carbons (Fsp3) is 0.433. The maximum Gasteiger partial charge on any atom is 0.341 e. The number of carbonyl (C=O) groups is 2. The lowest BCUT2D eigenvalue weighted by atomic mass is 9.95. The molecule has 0 aliphatic heterocycles. The molecule has 0 aromatic carbocycles. The Balaban J connectivity index is 1.29. The fourth-order valence-electron chi connectivity index (χ4n) is 5.58. The first kappa shape index (κ1) is 28.1. The second kappa shape index (κ2) is 12.1. The van der Waals surface area contributed by atoms with Crippen molar-refractivity contribution in [1.29, 1.82) is 0 Å². The summed E-state index contributed by atoms with van der Waals surface area (Å²) >= 11 is 4.33. The van der Waals surface area contributed by atoms with E-state index in [1.165, 1.54) is 28.0 Å². The van der Waals surface area contributed by atoms with Crippen molar-refractivity contribution >= 4 is 61.5 Å². The predicted octanol–water partition coefficient (Wildman–Crippen LogP) is 6.02. The SMILES string of the molecule is CC(C)OC(=O)c1c(NC(=O)CSc2nc3sc4c(c3c(=O)n2Cc2ccncc2)CCCC4)sc2c1CCCC2. The lowest BCUT2D eigenvalue weighted by Gasteiger charge is -2.14. The third-order valence-corrected chi connectivity index (χ3v) is 10.8. The van der Waals surface area contributed by atoms with Crippen molar-refractivity contribution in [3.05, 3.63) is 66.9 Å². The molecule has 41 heavy (non-hydrogen) atoms. The molecule has 1 N–H and O–H groups in total. The molecule has 4 heterocycles. The van der Waals surface area contributed by atoms with E-state index in [-0.39, 0.29) is 29.3 Å². The van der Waals surface area contributed by atoms with Gasteiger partial charge in [-0.25, -0.2) is 9.78 Å². The van der Waals surface area contributed by atoms with Crippen molar-refractivity contribution in [2.75, 3.05) is 11.1 Å². The molecular weight excluding hydrogens is 577 g/mol. The summed E-state index contributed by atoms with van der Waals surface area (Å²) in [7, 11) is 0. The smallest absolute Gasteiger partial charge is 0.341 e. The fourth-order valence-corrected chi connectivity index (χ4v) is 8.97. The van der Waals surface area contributed by atoms with E-state index < -0.39 is 0 Å². The largest absolute Gasteiger partial charge is 0.459 e. The average molecular weight is 609 g/mol. The molecule has 4 aromatic rings. The van der Waals surface area contributed by atoms with Crippen molar-refractivity contribution in [1.82, 2.24) is 14.5 Å². The van der Waals surface area contributed by atoms with Crippen LogP contribution in [0.2, 0.25) is 0 Å². The predicted molar refractivity (Wildman–Crippen MR) is 165 cm³/mol. The van der Waals surface area contributed by atoms with E-state index in [1.807, 2.05) is 26.0 Å². The van der Waals surface area contributed by atoms with Gasteiger partial charge in [0.25, 0.3) is 5.56 Å². The number of fused-ring (bicyclic) bond motifs is 4. The highest BCUT2D eigenvalue weighted by Gasteiger charge is 2.28. The Morgan fingerprint density at radius 2 is 1.71 bits per heavy atom. The van der Waals surface area contributed by atoms with Gasteiger partial charge in [0.1, 0.15) is 9.83 Å².